The van der Waals surface area contributed by atoms with Crippen LogP contribution in [0.2, 0.25) is 0 Å². The first kappa shape index (κ1) is 22.3. The number of carbonyl (C=O) groups is 2. The fourth-order valence-corrected chi connectivity index (χ4v) is 4.11. The average molecular weight is 445 g/mol. The number of β-amino-alcohol motifs (C(OH)–C–C–N with tert-alkyl or cyclic N) is 1. The van der Waals surface area contributed by atoms with Gasteiger partial charge in [0.1, 0.15) is 5.70 Å². The highest BCUT2D eigenvalue weighted by Crippen LogP contribution is 2.24. The summed E-state index contributed by atoms with van der Waals surface area (Å²) in [5.74, 6) is -1.11. The predicted molar refractivity (Wildman–Crippen MR) is 115 cm³/mol. The lowest BCUT2D eigenvalue weighted by Crippen LogP contribution is -2.31. The van der Waals surface area contributed by atoms with Crippen molar-refractivity contribution in [2.45, 2.75) is 11.8 Å². The van der Waals surface area contributed by atoms with Crippen LogP contribution < -0.4 is 10.0 Å². The van der Waals surface area contributed by atoms with Gasteiger partial charge in [-0.1, -0.05) is 17.7 Å². The van der Waals surface area contributed by atoms with Crippen molar-refractivity contribution in [3.05, 3.63) is 65.4 Å². The van der Waals surface area contributed by atoms with Crippen molar-refractivity contribution >= 4 is 33.3 Å². The van der Waals surface area contributed by atoms with Gasteiger partial charge in [-0.15, -0.1) is 0 Å². The molecule has 0 fully saturated rings. The third kappa shape index (κ3) is 5.04. The normalized spacial score (nSPS) is 14.0. The summed E-state index contributed by atoms with van der Waals surface area (Å²) in [4.78, 5) is 26.0. The molecule has 3 rings (SSSR count). The van der Waals surface area contributed by atoms with E-state index in [1.165, 1.54) is 36.3 Å². The fourth-order valence-electron chi connectivity index (χ4n) is 3.05. The van der Waals surface area contributed by atoms with Crippen LogP contribution in [-0.2, 0) is 24.3 Å². The van der Waals surface area contributed by atoms with Crippen molar-refractivity contribution < 1.29 is 27.9 Å². The Morgan fingerprint density at radius 2 is 1.71 bits per heavy atom. The molecular formula is C21H23N3O6S. The van der Waals surface area contributed by atoms with E-state index in [9.17, 15) is 18.0 Å². The molecule has 2 aromatic rings. The first-order valence-electron chi connectivity index (χ1n) is 9.43. The maximum atomic E-state index is 12.6. The third-order valence-electron chi connectivity index (χ3n) is 4.69. The Kier molecular flexibility index (Phi) is 6.62. The van der Waals surface area contributed by atoms with Crippen LogP contribution >= 0.6 is 0 Å². The number of carbonyl (C=O) groups excluding carboxylic acids is 2. The molecule has 1 aliphatic rings. The van der Waals surface area contributed by atoms with E-state index >= 15 is 0 Å². The second-order valence-electron chi connectivity index (χ2n) is 6.92. The lowest BCUT2D eigenvalue weighted by molar-refractivity contribution is -0.136. The minimum Gasteiger partial charge on any atom is -0.466 e. The lowest BCUT2D eigenvalue weighted by atomic mass is 10.2. The Balaban J connectivity index is 1.79. The number of methoxy groups -OCH3 is 1. The molecule has 31 heavy (non-hydrogen) atoms. The number of sulfonamides is 1. The van der Waals surface area contributed by atoms with Gasteiger partial charge in [-0.2, -0.15) is 0 Å². The van der Waals surface area contributed by atoms with Crippen LogP contribution in [0.25, 0.3) is 0 Å². The summed E-state index contributed by atoms with van der Waals surface area (Å²) in [7, 11) is -2.58. The Hall–Kier alpha value is -3.37. The van der Waals surface area contributed by atoms with Crippen LogP contribution in [0.3, 0.4) is 0 Å². The van der Waals surface area contributed by atoms with Crippen molar-refractivity contribution in [2.24, 2.45) is 0 Å². The molecular weight excluding hydrogens is 422 g/mol. The van der Waals surface area contributed by atoms with Crippen molar-refractivity contribution in [1.29, 1.82) is 0 Å². The van der Waals surface area contributed by atoms with E-state index in [2.05, 4.69) is 10.0 Å². The number of ether oxygens (including phenoxy) is 1. The molecule has 3 N–H and O–H groups in total. The lowest BCUT2D eigenvalue weighted by Gasteiger charge is -2.15. The summed E-state index contributed by atoms with van der Waals surface area (Å²) in [5, 5.41) is 12.0. The van der Waals surface area contributed by atoms with Gasteiger partial charge in [0.05, 0.1) is 30.7 Å². The van der Waals surface area contributed by atoms with Gasteiger partial charge in [-0.05, 0) is 43.3 Å². The number of aryl methyl sites for hydroxylation is 1. The number of amides is 1. The summed E-state index contributed by atoms with van der Waals surface area (Å²) in [6.45, 7) is 1.75. The molecule has 0 aromatic heterocycles. The molecule has 1 aliphatic heterocycles. The summed E-state index contributed by atoms with van der Waals surface area (Å²) in [6, 6.07) is 12.7. The van der Waals surface area contributed by atoms with Gasteiger partial charge in [0.15, 0.2) is 0 Å². The van der Waals surface area contributed by atoms with Crippen LogP contribution in [-0.4, -0.2) is 57.1 Å². The molecule has 0 bridgehead atoms. The quantitative estimate of drug-likeness (QED) is 0.526. The molecule has 2 aromatic carbocycles. The van der Waals surface area contributed by atoms with E-state index in [1.807, 2.05) is 6.92 Å². The van der Waals surface area contributed by atoms with Crippen molar-refractivity contribution in [3.63, 3.8) is 0 Å². The number of nitrogens with one attached hydrogen (secondary N) is 2. The second kappa shape index (κ2) is 9.19. The van der Waals surface area contributed by atoms with E-state index in [1.54, 1.807) is 24.3 Å². The molecule has 0 atom stereocenters. The van der Waals surface area contributed by atoms with Gasteiger partial charge in [-0.3, -0.25) is 9.52 Å². The molecule has 9 nitrogen and oxygen atoms in total. The molecule has 0 unspecified atom stereocenters. The van der Waals surface area contributed by atoms with Gasteiger partial charge in [0, 0.05) is 17.9 Å². The molecule has 0 saturated heterocycles. The van der Waals surface area contributed by atoms with Gasteiger partial charge in [0.2, 0.25) is 0 Å². The number of rotatable bonds is 8. The average Bonchev–Trinajstić information content (AvgIpc) is 3.05. The highest BCUT2D eigenvalue weighted by atomic mass is 32.2. The Morgan fingerprint density at radius 1 is 1.10 bits per heavy atom. The zero-order valence-corrected chi connectivity index (χ0v) is 17.9. The number of benzene rings is 2. The number of anilines is 2. The summed E-state index contributed by atoms with van der Waals surface area (Å²) < 4.78 is 32.5. The minimum atomic E-state index is -3.79. The third-order valence-corrected chi connectivity index (χ3v) is 6.09. The number of aliphatic hydroxyl groups is 1. The van der Waals surface area contributed by atoms with E-state index in [-0.39, 0.29) is 35.9 Å². The molecule has 10 heteroatoms. The van der Waals surface area contributed by atoms with Crippen LogP contribution in [0.5, 0.6) is 0 Å². The first-order chi connectivity index (χ1) is 14.7. The van der Waals surface area contributed by atoms with Gasteiger partial charge in [-0.25, -0.2) is 13.2 Å². The summed E-state index contributed by atoms with van der Waals surface area (Å²) in [5.41, 5.74) is 2.05. The fraction of sp³-hybridized carbons (Fsp3) is 0.238. The Morgan fingerprint density at radius 3 is 2.29 bits per heavy atom. The highest BCUT2D eigenvalue weighted by Gasteiger charge is 2.34. The van der Waals surface area contributed by atoms with Crippen LogP contribution in [0.4, 0.5) is 11.4 Å². The number of esters is 1. The maximum absolute atomic E-state index is 12.6. The SMILES string of the molecule is COC(=O)C1=C(Nc2ccc(S(=O)(=O)Nc3ccc(C)cc3)cc2)C(=O)N(CCO)C1. The van der Waals surface area contributed by atoms with Crippen LogP contribution in [0.15, 0.2) is 64.7 Å². The maximum Gasteiger partial charge on any atom is 0.337 e. The highest BCUT2D eigenvalue weighted by molar-refractivity contribution is 7.92. The minimum absolute atomic E-state index is 0.0152. The number of hydrogen-bond acceptors (Lipinski definition) is 7. The molecule has 0 saturated carbocycles. The smallest absolute Gasteiger partial charge is 0.337 e. The first-order valence-corrected chi connectivity index (χ1v) is 10.9. The van der Waals surface area contributed by atoms with Crippen molar-refractivity contribution in [2.75, 3.05) is 36.8 Å². The predicted octanol–water partition coefficient (Wildman–Crippen LogP) is 1.47. The van der Waals surface area contributed by atoms with E-state index in [4.69, 9.17) is 9.84 Å². The van der Waals surface area contributed by atoms with Gasteiger partial charge in [0.25, 0.3) is 15.9 Å². The summed E-state index contributed by atoms with van der Waals surface area (Å²) >= 11 is 0. The molecule has 1 amide bonds. The Bertz CT molecular complexity index is 1110. The molecule has 0 aliphatic carbocycles. The molecule has 164 valence electrons. The molecule has 1 heterocycles. The number of aliphatic hydroxyl groups excluding tert-OH is 1. The van der Waals surface area contributed by atoms with Crippen LogP contribution in [0, 0.1) is 6.92 Å². The number of hydrogen-bond donors (Lipinski definition) is 3. The zero-order chi connectivity index (χ0) is 22.6. The monoisotopic (exact) mass is 445 g/mol. The van der Waals surface area contributed by atoms with E-state index in [0.29, 0.717) is 11.4 Å². The topological polar surface area (TPSA) is 125 Å². The zero-order valence-electron chi connectivity index (χ0n) is 17.1. The van der Waals surface area contributed by atoms with Gasteiger partial charge >= 0.3 is 5.97 Å². The molecule has 0 spiro atoms. The Labute approximate surface area is 180 Å². The van der Waals surface area contributed by atoms with E-state index in [0.717, 1.165) is 5.56 Å². The largest absolute Gasteiger partial charge is 0.466 e. The standard InChI is InChI=1S/C21H23N3O6S/c1-14-3-5-16(6-4-14)23-31(28,29)17-9-7-15(8-10-17)22-19-18(21(27)30-2)13-24(11-12-25)20(19)26/h3-10,22-23,25H,11-13H2,1-2H3. The van der Waals surface area contributed by atoms with Crippen molar-refractivity contribution in [1.82, 2.24) is 4.90 Å². The van der Waals surface area contributed by atoms with E-state index < -0.39 is 21.9 Å². The summed E-state index contributed by atoms with van der Waals surface area (Å²) in [6.07, 6.45) is 0. The second-order valence-corrected chi connectivity index (χ2v) is 8.60. The molecule has 0 radical (unpaired) electrons. The number of nitrogens with zero attached hydrogens (tertiary/aromatic N) is 1. The van der Waals surface area contributed by atoms with Crippen LogP contribution in [0.1, 0.15) is 5.56 Å². The van der Waals surface area contributed by atoms with Crippen molar-refractivity contribution in [3.8, 4) is 0 Å². The van der Waals surface area contributed by atoms with Gasteiger partial charge < -0.3 is 20.1 Å².